The molecule has 0 aliphatic heterocycles. The third-order valence-corrected chi connectivity index (χ3v) is 8.26. The van der Waals surface area contributed by atoms with Gasteiger partial charge in [-0.25, -0.2) is 4.39 Å². The fourth-order valence-corrected chi connectivity index (χ4v) is 6.19. The third-order valence-electron chi connectivity index (χ3n) is 8.26. The van der Waals surface area contributed by atoms with Gasteiger partial charge < -0.3 is 0 Å². The quantitative estimate of drug-likeness (QED) is 0.244. The summed E-state index contributed by atoms with van der Waals surface area (Å²) in [5, 5.41) is 0. The second kappa shape index (κ2) is 14.7. The van der Waals surface area contributed by atoms with Gasteiger partial charge in [0.05, 0.1) is 0 Å². The van der Waals surface area contributed by atoms with Gasteiger partial charge in [-0.05, 0) is 79.0 Å². The van der Waals surface area contributed by atoms with Crippen molar-refractivity contribution in [3.8, 4) is 11.1 Å². The second-order valence-corrected chi connectivity index (χ2v) is 11.0. The standard InChI is InChI=1S/C33H49F/c1-4-7-8-12-26(10-5-2)13-9-14-28-17-24-32(33(34)25-28)31-22-20-30(21-23-31)29-18-15-27(11-6-3)16-19-29/h17,20-27,29H,4-16,18-19H2,1-3H3. The summed E-state index contributed by atoms with van der Waals surface area (Å²) in [6, 6.07) is 14.7. The molecule has 3 rings (SSSR count). The van der Waals surface area contributed by atoms with Crippen molar-refractivity contribution in [1.29, 1.82) is 0 Å². The number of rotatable bonds is 14. The fraction of sp³-hybridized carbons (Fsp3) is 0.636. The lowest BCUT2D eigenvalue weighted by atomic mass is 9.77. The van der Waals surface area contributed by atoms with Crippen LogP contribution in [0.5, 0.6) is 0 Å². The van der Waals surface area contributed by atoms with Crippen LogP contribution < -0.4 is 0 Å². The molecule has 188 valence electrons. The Hall–Kier alpha value is -1.63. The first-order valence-electron chi connectivity index (χ1n) is 14.5. The number of benzene rings is 2. The van der Waals surface area contributed by atoms with Gasteiger partial charge in [-0.1, -0.05) is 115 Å². The van der Waals surface area contributed by atoms with E-state index in [0.717, 1.165) is 34.9 Å². The van der Waals surface area contributed by atoms with E-state index in [1.165, 1.54) is 95.5 Å². The number of unbranched alkanes of at least 4 members (excludes halogenated alkanes) is 2. The summed E-state index contributed by atoms with van der Waals surface area (Å²) in [6.45, 7) is 6.88. The molecule has 0 N–H and O–H groups in total. The van der Waals surface area contributed by atoms with Crippen LogP contribution in [0.1, 0.15) is 128 Å². The molecule has 0 radical (unpaired) electrons. The number of aryl methyl sites for hydroxylation is 1. The Morgan fingerprint density at radius 2 is 1.50 bits per heavy atom. The zero-order chi connectivity index (χ0) is 24.2. The van der Waals surface area contributed by atoms with Crippen LogP contribution in [-0.2, 0) is 6.42 Å². The smallest absolute Gasteiger partial charge is 0.131 e. The maximum atomic E-state index is 15.0. The molecule has 0 amide bonds. The number of halogens is 1. The van der Waals surface area contributed by atoms with Crippen LogP contribution >= 0.6 is 0 Å². The van der Waals surface area contributed by atoms with Crippen molar-refractivity contribution in [2.24, 2.45) is 11.8 Å². The second-order valence-electron chi connectivity index (χ2n) is 11.0. The van der Waals surface area contributed by atoms with Crippen molar-refractivity contribution in [1.82, 2.24) is 0 Å². The van der Waals surface area contributed by atoms with Crippen LogP contribution in [0.3, 0.4) is 0 Å². The highest BCUT2D eigenvalue weighted by Crippen LogP contribution is 2.38. The van der Waals surface area contributed by atoms with E-state index in [-0.39, 0.29) is 5.82 Å². The summed E-state index contributed by atoms with van der Waals surface area (Å²) in [5.41, 5.74) is 4.33. The first kappa shape index (κ1) is 27.0. The lowest BCUT2D eigenvalue weighted by Crippen LogP contribution is -2.13. The molecule has 2 aromatic rings. The Kier molecular flexibility index (Phi) is 11.7. The molecule has 1 heteroatoms. The Morgan fingerprint density at radius 3 is 2.15 bits per heavy atom. The first-order chi connectivity index (χ1) is 16.6. The molecule has 1 unspecified atom stereocenters. The molecule has 1 saturated carbocycles. The Balaban J connectivity index is 1.52. The van der Waals surface area contributed by atoms with Gasteiger partial charge in [0.1, 0.15) is 5.82 Å². The zero-order valence-corrected chi connectivity index (χ0v) is 22.3. The minimum atomic E-state index is -0.0709. The number of hydrogen-bond acceptors (Lipinski definition) is 0. The van der Waals surface area contributed by atoms with Crippen LogP contribution in [-0.4, -0.2) is 0 Å². The lowest BCUT2D eigenvalue weighted by molar-refractivity contribution is 0.308. The van der Waals surface area contributed by atoms with Gasteiger partial charge in [-0.15, -0.1) is 0 Å². The van der Waals surface area contributed by atoms with Gasteiger partial charge in [-0.3, -0.25) is 0 Å². The monoisotopic (exact) mass is 464 g/mol. The topological polar surface area (TPSA) is 0 Å². The third kappa shape index (κ3) is 8.24. The van der Waals surface area contributed by atoms with Gasteiger partial charge in [0, 0.05) is 5.56 Å². The molecule has 1 aliphatic carbocycles. The van der Waals surface area contributed by atoms with Gasteiger partial charge in [0.2, 0.25) is 0 Å². The summed E-state index contributed by atoms with van der Waals surface area (Å²) in [7, 11) is 0. The SMILES string of the molecule is CCCCCC(CCC)CCCc1ccc(-c2ccc(C3CCC(CCC)CC3)cc2)c(F)c1. The van der Waals surface area contributed by atoms with Crippen molar-refractivity contribution in [2.45, 2.75) is 123 Å². The fourth-order valence-electron chi connectivity index (χ4n) is 6.19. The molecule has 0 bridgehead atoms. The maximum Gasteiger partial charge on any atom is 0.131 e. The van der Waals surface area contributed by atoms with E-state index in [1.807, 2.05) is 6.07 Å². The largest absolute Gasteiger partial charge is 0.206 e. The minimum Gasteiger partial charge on any atom is -0.206 e. The van der Waals surface area contributed by atoms with Crippen molar-refractivity contribution >= 4 is 0 Å². The predicted molar refractivity (Wildman–Crippen MR) is 147 cm³/mol. The number of hydrogen-bond donors (Lipinski definition) is 0. The highest BCUT2D eigenvalue weighted by molar-refractivity contribution is 5.65. The average Bonchev–Trinajstić information content (AvgIpc) is 2.85. The lowest BCUT2D eigenvalue weighted by Gasteiger charge is -2.28. The Bertz CT molecular complexity index is 813. The van der Waals surface area contributed by atoms with Gasteiger partial charge in [-0.2, -0.15) is 0 Å². The molecule has 1 aliphatic rings. The van der Waals surface area contributed by atoms with Crippen LogP contribution in [0, 0.1) is 17.7 Å². The van der Waals surface area contributed by atoms with E-state index >= 15 is 4.39 Å². The van der Waals surface area contributed by atoms with Gasteiger partial charge in [0.15, 0.2) is 0 Å². The van der Waals surface area contributed by atoms with Crippen molar-refractivity contribution < 1.29 is 4.39 Å². The van der Waals surface area contributed by atoms with Gasteiger partial charge in [0.25, 0.3) is 0 Å². The summed E-state index contributed by atoms with van der Waals surface area (Å²) < 4.78 is 15.0. The molecule has 34 heavy (non-hydrogen) atoms. The molecule has 0 saturated heterocycles. The van der Waals surface area contributed by atoms with Crippen LogP contribution in [0.4, 0.5) is 4.39 Å². The van der Waals surface area contributed by atoms with Crippen molar-refractivity contribution in [3.05, 3.63) is 59.4 Å². The average molecular weight is 465 g/mol. The molecular formula is C33H49F. The summed E-state index contributed by atoms with van der Waals surface area (Å²) in [4.78, 5) is 0. The van der Waals surface area contributed by atoms with E-state index in [0.29, 0.717) is 5.92 Å². The molecule has 2 aromatic carbocycles. The Morgan fingerprint density at radius 1 is 0.765 bits per heavy atom. The van der Waals surface area contributed by atoms with Crippen LogP contribution in [0.25, 0.3) is 11.1 Å². The van der Waals surface area contributed by atoms with E-state index in [1.54, 1.807) is 6.07 Å². The summed E-state index contributed by atoms with van der Waals surface area (Å²) >= 11 is 0. The molecule has 0 spiro atoms. The minimum absolute atomic E-state index is 0.0709. The molecular weight excluding hydrogens is 415 g/mol. The van der Waals surface area contributed by atoms with E-state index < -0.39 is 0 Å². The summed E-state index contributed by atoms with van der Waals surface area (Å²) in [5.74, 6) is 2.40. The van der Waals surface area contributed by atoms with Crippen LogP contribution in [0.2, 0.25) is 0 Å². The van der Waals surface area contributed by atoms with Crippen molar-refractivity contribution in [3.63, 3.8) is 0 Å². The van der Waals surface area contributed by atoms with Gasteiger partial charge >= 0.3 is 0 Å². The Labute approximate surface area is 209 Å². The van der Waals surface area contributed by atoms with E-state index in [2.05, 4.69) is 51.1 Å². The highest BCUT2D eigenvalue weighted by Gasteiger charge is 2.21. The molecule has 0 heterocycles. The highest BCUT2D eigenvalue weighted by atomic mass is 19.1. The normalized spacial score (nSPS) is 19.3. The van der Waals surface area contributed by atoms with E-state index in [9.17, 15) is 0 Å². The predicted octanol–water partition coefficient (Wildman–Crippen LogP) is 10.9. The first-order valence-corrected chi connectivity index (χ1v) is 14.5. The molecule has 0 aromatic heterocycles. The zero-order valence-electron chi connectivity index (χ0n) is 22.3. The van der Waals surface area contributed by atoms with Crippen LogP contribution in [0.15, 0.2) is 42.5 Å². The van der Waals surface area contributed by atoms with Crippen molar-refractivity contribution in [2.75, 3.05) is 0 Å². The maximum absolute atomic E-state index is 15.0. The summed E-state index contributed by atoms with van der Waals surface area (Å²) in [6.07, 6.45) is 19.5. The molecule has 0 nitrogen and oxygen atoms in total. The van der Waals surface area contributed by atoms with E-state index in [4.69, 9.17) is 0 Å². The molecule has 1 atom stereocenters. The molecule has 1 fully saturated rings.